The van der Waals surface area contributed by atoms with Crippen molar-refractivity contribution in [3.8, 4) is 5.75 Å². The minimum Gasteiger partial charge on any atom is -0.496 e. The summed E-state index contributed by atoms with van der Waals surface area (Å²) in [6.07, 6.45) is 5.18. The fourth-order valence-corrected chi connectivity index (χ4v) is 3.05. The van der Waals surface area contributed by atoms with Crippen molar-refractivity contribution in [3.63, 3.8) is 0 Å². The highest BCUT2D eigenvalue weighted by atomic mass is 16.5. The first-order valence-corrected chi connectivity index (χ1v) is 7.34. The molecule has 1 aliphatic heterocycles. The summed E-state index contributed by atoms with van der Waals surface area (Å²) >= 11 is 0. The maximum absolute atomic E-state index is 6.18. The van der Waals surface area contributed by atoms with E-state index in [4.69, 9.17) is 10.5 Å². The van der Waals surface area contributed by atoms with Gasteiger partial charge < -0.3 is 15.4 Å². The van der Waals surface area contributed by atoms with E-state index >= 15 is 0 Å². The minimum absolute atomic E-state index is 0.0124. The molecule has 1 aliphatic rings. The second-order valence-electron chi connectivity index (χ2n) is 5.57. The van der Waals surface area contributed by atoms with Gasteiger partial charge in [0.25, 0.3) is 0 Å². The summed E-state index contributed by atoms with van der Waals surface area (Å²) in [5.41, 5.74) is 8.57. The van der Waals surface area contributed by atoms with Crippen molar-refractivity contribution in [2.24, 2.45) is 5.73 Å². The van der Waals surface area contributed by atoms with Gasteiger partial charge in [0, 0.05) is 29.9 Å². The van der Waals surface area contributed by atoms with Crippen molar-refractivity contribution < 1.29 is 4.74 Å². The third kappa shape index (κ3) is 3.03. The number of hydrogen-bond acceptors (Lipinski definition) is 3. The van der Waals surface area contributed by atoms with E-state index < -0.39 is 0 Å². The van der Waals surface area contributed by atoms with Gasteiger partial charge in [-0.15, -0.1) is 0 Å². The molecule has 0 aromatic heterocycles. The Morgan fingerprint density at radius 3 is 2.79 bits per heavy atom. The predicted molar refractivity (Wildman–Crippen MR) is 80.9 cm³/mol. The monoisotopic (exact) mass is 262 g/mol. The van der Waals surface area contributed by atoms with E-state index in [1.54, 1.807) is 7.11 Å². The molecule has 1 aromatic carbocycles. The summed E-state index contributed by atoms with van der Waals surface area (Å²) in [5.74, 6) is 0.906. The summed E-state index contributed by atoms with van der Waals surface area (Å²) in [7, 11) is 1.72. The number of hydrogen-bond donors (Lipinski definition) is 1. The molecule has 2 atom stereocenters. The number of benzene rings is 1. The van der Waals surface area contributed by atoms with Crippen LogP contribution >= 0.6 is 0 Å². The van der Waals surface area contributed by atoms with Gasteiger partial charge in [-0.2, -0.15) is 0 Å². The molecule has 1 unspecified atom stereocenters. The number of anilines is 1. The van der Waals surface area contributed by atoms with E-state index in [0.717, 1.165) is 17.9 Å². The zero-order valence-corrected chi connectivity index (χ0v) is 12.4. The maximum atomic E-state index is 6.18. The molecule has 1 saturated heterocycles. The van der Waals surface area contributed by atoms with Crippen LogP contribution in [0.3, 0.4) is 0 Å². The van der Waals surface area contributed by atoms with E-state index in [2.05, 4.69) is 24.0 Å². The molecule has 0 saturated carbocycles. The molecule has 106 valence electrons. The molecular formula is C16H26N2O. The minimum atomic E-state index is -0.0124. The molecule has 3 heteroatoms. The highest BCUT2D eigenvalue weighted by Gasteiger charge is 2.22. The molecule has 3 nitrogen and oxygen atoms in total. The largest absolute Gasteiger partial charge is 0.496 e. The zero-order chi connectivity index (χ0) is 13.8. The second-order valence-corrected chi connectivity index (χ2v) is 5.57. The van der Waals surface area contributed by atoms with Crippen LogP contribution in [0, 0.1) is 0 Å². The van der Waals surface area contributed by atoms with Crippen molar-refractivity contribution in [3.05, 3.63) is 23.8 Å². The Balaban J connectivity index is 2.42. The lowest BCUT2D eigenvalue weighted by Gasteiger charge is -2.32. The van der Waals surface area contributed by atoms with Gasteiger partial charge in [0.15, 0.2) is 0 Å². The van der Waals surface area contributed by atoms with Crippen LogP contribution < -0.4 is 15.4 Å². The third-order valence-corrected chi connectivity index (χ3v) is 4.08. The molecule has 1 heterocycles. The van der Waals surface area contributed by atoms with E-state index in [1.165, 1.54) is 31.4 Å². The summed E-state index contributed by atoms with van der Waals surface area (Å²) in [5, 5.41) is 0. The fraction of sp³-hybridized carbons (Fsp3) is 0.625. The van der Waals surface area contributed by atoms with Crippen molar-refractivity contribution >= 4 is 5.69 Å². The van der Waals surface area contributed by atoms with Crippen LogP contribution in [0.1, 0.15) is 51.1 Å². The van der Waals surface area contributed by atoms with Gasteiger partial charge in [-0.05, 0) is 38.8 Å². The highest BCUT2D eigenvalue weighted by Crippen LogP contribution is 2.36. The molecule has 0 bridgehead atoms. The molecule has 0 spiro atoms. The maximum Gasteiger partial charge on any atom is 0.125 e. The molecule has 0 radical (unpaired) electrons. The van der Waals surface area contributed by atoms with Gasteiger partial charge in [-0.25, -0.2) is 0 Å². The molecule has 0 amide bonds. The number of ether oxygens (including phenoxy) is 1. The molecule has 1 fully saturated rings. The van der Waals surface area contributed by atoms with Crippen LogP contribution in [0.5, 0.6) is 5.75 Å². The Labute approximate surface area is 116 Å². The third-order valence-electron chi connectivity index (χ3n) is 4.08. The van der Waals surface area contributed by atoms with Crippen molar-refractivity contribution in [2.45, 2.75) is 51.6 Å². The second kappa shape index (κ2) is 6.29. The van der Waals surface area contributed by atoms with Gasteiger partial charge in [-0.3, -0.25) is 0 Å². The standard InChI is InChI=1S/C16H26N2O/c1-12-8-5-4-6-11-18(12)14-9-7-10-15(19-3)16(14)13(2)17/h7,9-10,12-13H,4-6,8,11,17H2,1-3H3/t12?,13-/m0/s1. The fourth-order valence-electron chi connectivity index (χ4n) is 3.05. The smallest absolute Gasteiger partial charge is 0.125 e. The lowest BCUT2D eigenvalue weighted by atomic mass is 10.0. The molecule has 2 N–H and O–H groups in total. The first-order chi connectivity index (χ1) is 9.15. The van der Waals surface area contributed by atoms with E-state index in [-0.39, 0.29) is 6.04 Å². The summed E-state index contributed by atoms with van der Waals surface area (Å²) in [6, 6.07) is 6.82. The van der Waals surface area contributed by atoms with Crippen molar-refractivity contribution in [1.82, 2.24) is 0 Å². The van der Waals surface area contributed by atoms with Crippen LogP contribution in [0.25, 0.3) is 0 Å². The van der Waals surface area contributed by atoms with E-state index in [0.29, 0.717) is 6.04 Å². The van der Waals surface area contributed by atoms with Gasteiger partial charge in [0.05, 0.1) is 7.11 Å². The van der Waals surface area contributed by atoms with Crippen LogP contribution in [-0.4, -0.2) is 19.7 Å². The first kappa shape index (κ1) is 14.2. The Hall–Kier alpha value is -1.22. The number of methoxy groups -OCH3 is 1. The van der Waals surface area contributed by atoms with E-state index in [1.807, 2.05) is 13.0 Å². The molecule has 0 aliphatic carbocycles. The molecular weight excluding hydrogens is 236 g/mol. The Kier molecular flexibility index (Phi) is 4.70. The number of nitrogens with two attached hydrogens (primary N) is 1. The van der Waals surface area contributed by atoms with Crippen LogP contribution in [-0.2, 0) is 0 Å². The summed E-state index contributed by atoms with van der Waals surface area (Å²) in [4.78, 5) is 2.51. The molecule has 19 heavy (non-hydrogen) atoms. The van der Waals surface area contributed by atoms with Crippen LogP contribution in [0.15, 0.2) is 18.2 Å². The summed E-state index contributed by atoms with van der Waals surface area (Å²) < 4.78 is 5.50. The first-order valence-electron chi connectivity index (χ1n) is 7.34. The molecule has 2 rings (SSSR count). The average molecular weight is 262 g/mol. The average Bonchev–Trinajstić information content (AvgIpc) is 2.62. The zero-order valence-electron chi connectivity index (χ0n) is 12.4. The Bertz CT molecular complexity index is 417. The SMILES string of the molecule is COc1cccc(N2CCCCCC2C)c1[C@H](C)N. The number of nitrogens with zero attached hydrogens (tertiary/aromatic N) is 1. The molecule has 1 aromatic rings. The van der Waals surface area contributed by atoms with Gasteiger partial charge in [-0.1, -0.05) is 18.9 Å². The lowest BCUT2D eigenvalue weighted by molar-refractivity contribution is 0.406. The van der Waals surface area contributed by atoms with Gasteiger partial charge in [0.1, 0.15) is 5.75 Å². The van der Waals surface area contributed by atoms with Crippen LogP contribution in [0.2, 0.25) is 0 Å². The predicted octanol–water partition coefficient (Wildman–Crippen LogP) is 3.48. The summed E-state index contributed by atoms with van der Waals surface area (Å²) in [6.45, 7) is 5.47. The van der Waals surface area contributed by atoms with Crippen molar-refractivity contribution in [1.29, 1.82) is 0 Å². The van der Waals surface area contributed by atoms with Crippen LogP contribution in [0.4, 0.5) is 5.69 Å². The Morgan fingerprint density at radius 2 is 2.11 bits per heavy atom. The lowest BCUT2D eigenvalue weighted by Crippen LogP contribution is -2.33. The normalized spacial score (nSPS) is 21.9. The quantitative estimate of drug-likeness (QED) is 0.906. The topological polar surface area (TPSA) is 38.5 Å². The number of rotatable bonds is 3. The van der Waals surface area contributed by atoms with Gasteiger partial charge >= 0.3 is 0 Å². The van der Waals surface area contributed by atoms with Gasteiger partial charge in [0.2, 0.25) is 0 Å². The van der Waals surface area contributed by atoms with E-state index in [9.17, 15) is 0 Å². The Morgan fingerprint density at radius 1 is 1.32 bits per heavy atom. The highest BCUT2D eigenvalue weighted by molar-refractivity contribution is 5.61. The van der Waals surface area contributed by atoms with Crippen molar-refractivity contribution in [2.75, 3.05) is 18.6 Å².